The molecule has 0 aliphatic carbocycles. The fourth-order valence-corrected chi connectivity index (χ4v) is 3.23. The van der Waals surface area contributed by atoms with Crippen LogP contribution in [0.1, 0.15) is 40.9 Å². The van der Waals surface area contributed by atoms with Crippen molar-refractivity contribution in [3.8, 4) is 0 Å². The minimum atomic E-state index is -4.44. The fourth-order valence-electron chi connectivity index (χ4n) is 3.23. The van der Waals surface area contributed by atoms with Crippen LogP contribution in [0.2, 0.25) is 0 Å². The topological polar surface area (TPSA) is 51.1 Å². The lowest BCUT2D eigenvalue weighted by molar-refractivity contribution is -0.137. The number of nitrogens with zero attached hydrogens (tertiary/aromatic N) is 1. The van der Waals surface area contributed by atoms with Crippen LogP contribution in [0.4, 0.5) is 13.2 Å². The van der Waals surface area contributed by atoms with Gasteiger partial charge in [-0.1, -0.05) is 62.4 Å². The van der Waals surface area contributed by atoms with Crippen LogP contribution < -0.4 is 10.9 Å². The van der Waals surface area contributed by atoms with Crippen molar-refractivity contribution in [1.29, 1.82) is 0 Å². The number of rotatable bonds is 6. The van der Waals surface area contributed by atoms with Crippen molar-refractivity contribution in [3.63, 3.8) is 0 Å². The van der Waals surface area contributed by atoms with Gasteiger partial charge in [-0.05, 0) is 29.3 Å². The van der Waals surface area contributed by atoms with Crippen LogP contribution in [0.25, 0.3) is 0 Å². The number of carbonyl (C=O) groups is 1. The SMILES string of the molecule is CC(C)(CNC(=O)c1cccn(Cc2ccccc2)c1=O)c1cccc(C(F)(F)F)c1. The zero-order valence-electron chi connectivity index (χ0n) is 17.2. The van der Waals surface area contributed by atoms with Crippen molar-refractivity contribution in [2.45, 2.75) is 32.0 Å². The number of hydrogen-bond donors (Lipinski definition) is 1. The summed E-state index contributed by atoms with van der Waals surface area (Å²) in [4.78, 5) is 25.4. The first-order valence-electron chi connectivity index (χ1n) is 9.77. The Hall–Kier alpha value is -3.35. The summed E-state index contributed by atoms with van der Waals surface area (Å²) < 4.78 is 40.5. The molecule has 0 saturated carbocycles. The third-order valence-corrected chi connectivity index (χ3v) is 5.12. The van der Waals surface area contributed by atoms with E-state index >= 15 is 0 Å². The third-order valence-electron chi connectivity index (χ3n) is 5.12. The van der Waals surface area contributed by atoms with Gasteiger partial charge in [0.05, 0.1) is 12.1 Å². The molecule has 0 aliphatic heterocycles. The molecule has 1 N–H and O–H groups in total. The highest BCUT2D eigenvalue weighted by Gasteiger charge is 2.32. The Morgan fingerprint density at radius 1 is 0.935 bits per heavy atom. The second kappa shape index (κ2) is 8.79. The lowest BCUT2D eigenvalue weighted by Gasteiger charge is -2.26. The molecule has 0 spiro atoms. The van der Waals surface area contributed by atoms with Gasteiger partial charge in [-0.2, -0.15) is 13.2 Å². The van der Waals surface area contributed by atoms with E-state index in [1.165, 1.54) is 16.7 Å². The Morgan fingerprint density at radius 2 is 1.61 bits per heavy atom. The molecular weight excluding hydrogens is 405 g/mol. The van der Waals surface area contributed by atoms with Crippen molar-refractivity contribution >= 4 is 5.91 Å². The summed E-state index contributed by atoms with van der Waals surface area (Å²) in [7, 11) is 0. The summed E-state index contributed by atoms with van der Waals surface area (Å²) >= 11 is 0. The standard InChI is InChI=1S/C24H23F3N2O2/c1-23(2,18-10-6-11-19(14-18)24(25,26)27)16-28-21(30)20-12-7-13-29(22(20)31)15-17-8-4-3-5-9-17/h3-14H,15-16H2,1-2H3,(H,28,30). The molecule has 3 aromatic rings. The van der Waals surface area contributed by atoms with Gasteiger partial charge >= 0.3 is 6.18 Å². The van der Waals surface area contributed by atoms with Gasteiger partial charge < -0.3 is 9.88 Å². The number of nitrogens with one attached hydrogen (secondary N) is 1. The van der Waals surface area contributed by atoms with Crippen LogP contribution in [-0.2, 0) is 18.1 Å². The fraction of sp³-hybridized carbons (Fsp3) is 0.250. The molecule has 0 saturated heterocycles. The van der Waals surface area contributed by atoms with E-state index in [1.54, 1.807) is 32.2 Å². The van der Waals surface area contributed by atoms with E-state index < -0.39 is 28.6 Å². The summed E-state index contributed by atoms with van der Waals surface area (Å²) in [6, 6.07) is 17.5. The van der Waals surface area contributed by atoms with E-state index in [0.29, 0.717) is 12.1 Å². The molecule has 2 aromatic carbocycles. The van der Waals surface area contributed by atoms with Gasteiger partial charge in [0.1, 0.15) is 5.56 Å². The van der Waals surface area contributed by atoms with Crippen molar-refractivity contribution in [1.82, 2.24) is 9.88 Å². The summed E-state index contributed by atoms with van der Waals surface area (Å²) in [6.45, 7) is 3.87. The van der Waals surface area contributed by atoms with Crippen LogP contribution in [-0.4, -0.2) is 17.0 Å². The highest BCUT2D eigenvalue weighted by atomic mass is 19.4. The van der Waals surface area contributed by atoms with Crippen LogP contribution >= 0.6 is 0 Å². The largest absolute Gasteiger partial charge is 0.416 e. The highest BCUT2D eigenvalue weighted by molar-refractivity contribution is 5.93. The number of alkyl halides is 3. The van der Waals surface area contributed by atoms with Crippen molar-refractivity contribution in [2.75, 3.05) is 6.54 Å². The van der Waals surface area contributed by atoms with Crippen molar-refractivity contribution in [2.24, 2.45) is 0 Å². The van der Waals surface area contributed by atoms with Crippen LogP contribution in [0.15, 0.2) is 77.7 Å². The first kappa shape index (κ1) is 22.3. The number of carbonyl (C=O) groups excluding carboxylic acids is 1. The molecule has 162 valence electrons. The average molecular weight is 428 g/mol. The van der Waals surface area contributed by atoms with Crippen LogP contribution in [0.5, 0.6) is 0 Å². The smallest absolute Gasteiger partial charge is 0.351 e. The predicted molar refractivity (Wildman–Crippen MR) is 113 cm³/mol. The molecule has 31 heavy (non-hydrogen) atoms. The lowest BCUT2D eigenvalue weighted by Crippen LogP contribution is -2.39. The number of benzene rings is 2. The van der Waals surface area contributed by atoms with E-state index in [4.69, 9.17) is 0 Å². The summed E-state index contributed by atoms with van der Waals surface area (Å²) in [5, 5.41) is 2.69. The third kappa shape index (κ3) is 5.42. The van der Waals surface area contributed by atoms with Gasteiger partial charge in [-0.15, -0.1) is 0 Å². The lowest BCUT2D eigenvalue weighted by atomic mass is 9.83. The van der Waals surface area contributed by atoms with Crippen LogP contribution in [0.3, 0.4) is 0 Å². The van der Waals surface area contributed by atoms with E-state index in [-0.39, 0.29) is 12.1 Å². The number of amides is 1. The number of halogens is 3. The van der Waals surface area contributed by atoms with Gasteiger partial charge in [0.15, 0.2) is 0 Å². The molecule has 0 bridgehead atoms. The molecule has 4 nitrogen and oxygen atoms in total. The van der Waals surface area contributed by atoms with Gasteiger partial charge in [-0.25, -0.2) is 0 Å². The molecule has 0 fully saturated rings. The Kier molecular flexibility index (Phi) is 6.34. The van der Waals surface area contributed by atoms with Gasteiger partial charge in [0.2, 0.25) is 0 Å². The molecule has 0 radical (unpaired) electrons. The Bertz CT molecular complexity index is 1120. The van der Waals surface area contributed by atoms with Gasteiger partial charge in [-0.3, -0.25) is 9.59 Å². The molecule has 1 aromatic heterocycles. The molecule has 0 unspecified atom stereocenters. The molecule has 3 rings (SSSR count). The average Bonchev–Trinajstić information content (AvgIpc) is 2.74. The Morgan fingerprint density at radius 3 is 2.29 bits per heavy atom. The quantitative estimate of drug-likeness (QED) is 0.623. The second-order valence-corrected chi connectivity index (χ2v) is 7.99. The number of aromatic nitrogens is 1. The molecular formula is C24H23F3N2O2. The first-order valence-corrected chi connectivity index (χ1v) is 9.77. The van der Waals surface area contributed by atoms with E-state index in [9.17, 15) is 22.8 Å². The molecule has 1 heterocycles. The van der Waals surface area contributed by atoms with E-state index in [0.717, 1.165) is 17.7 Å². The highest BCUT2D eigenvalue weighted by Crippen LogP contribution is 2.32. The molecule has 0 atom stereocenters. The molecule has 0 aliphatic rings. The maximum Gasteiger partial charge on any atom is 0.416 e. The summed E-state index contributed by atoms with van der Waals surface area (Å²) in [5.74, 6) is -0.563. The zero-order valence-corrected chi connectivity index (χ0v) is 17.2. The minimum absolute atomic E-state index is 0.0155. The first-order chi connectivity index (χ1) is 14.6. The molecule has 1 amide bonds. The van der Waals surface area contributed by atoms with E-state index in [1.807, 2.05) is 30.3 Å². The van der Waals surface area contributed by atoms with Crippen molar-refractivity contribution < 1.29 is 18.0 Å². The van der Waals surface area contributed by atoms with Crippen LogP contribution in [0, 0.1) is 0 Å². The van der Waals surface area contributed by atoms with Gasteiger partial charge in [0.25, 0.3) is 11.5 Å². The Labute approximate surface area is 178 Å². The minimum Gasteiger partial charge on any atom is -0.351 e. The summed E-state index contributed by atoms with van der Waals surface area (Å²) in [6.07, 6.45) is -2.83. The monoisotopic (exact) mass is 428 g/mol. The second-order valence-electron chi connectivity index (χ2n) is 7.99. The maximum atomic E-state index is 13.0. The molecule has 7 heteroatoms. The summed E-state index contributed by atoms with van der Waals surface area (Å²) in [5.41, 5.74) is -0.588. The number of hydrogen-bond acceptors (Lipinski definition) is 2. The predicted octanol–water partition coefficient (Wildman–Crippen LogP) is 4.62. The Balaban J connectivity index is 1.75. The zero-order chi connectivity index (χ0) is 22.6. The van der Waals surface area contributed by atoms with Gasteiger partial charge in [0, 0.05) is 18.2 Å². The number of pyridine rings is 1. The normalized spacial score (nSPS) is 11.9. The van der Waals surface area contributed by atoms with Crippen molar-refractivity contribution in [3.05, 3.63) is 106 Å². The van der Waals surface area contributed by atoms with E-state index in [2.05, 4.69) is 5.32 Å². The maximum absolute atomic E-state index is 13.0.